The summed E-state index contributed by atoms with van der Waals surface area (Å²) in [6.45, 7) is 1.91. The van der Waals surface area contributed by atoms with Crippen molar-refractivity contribution >= 4 is 5.78 Å². The van der Waals surface area contributed by atoms with E-state index in [-0.39, 0.29) is 5.78 Å². The zero-order valence-electron chi connectivity index (χ0n) is 11.4. The lowest BCUT2D eigenvalue weighted by atomic mass is 9.67. The van der Waals surface area contributed by atoms with Crippen molar-refractivity contribution in [3.05, 3.63) is 41.5 Å². The lowest BCUT2D eigenvalue weighted by Gasteiger charge is -2.43. The van der Waals surface area contributed by atoms with Crippen molar-refractivity contribution in [2.45, 2.75) is 25.6 Å². The van der Waals surface area contributed by atoms with E-state index in [2.05, 4.69) is 6.07 Å². The monoisotopic (exact) mass is 269 g/mol. The van der Waals surface area contributed by atoms with Crippen LogP contribution in [0.1, 0.15) is 22.3 Å². The Morgan fingerprint density at radius 3 is 3.00 bits per heavy atom. The molecule has 2 aliphatic rings. The first-order valence-electron chi connectivity index (χ1n) is 6.56. The number of carbonyl (C=O) groups excluding carboxylic acids is 1. The van der Waals surface area contributed by atoms with E-state index in [9.17, 15) is 10.1 Å². The average Bonchev–Trinajstić information content (AvgIpc) is 2.47. The molecule has 0 saturated carbocycles. The van der Waals surface area contributed by atoms with Crippen LogP contribution >= 0.6 is 0 Å². The fourth-order valence-electron chi connectivity index (χ4n) is 3.01. The van der Waals surface area contributed by atoms with E-state index in [1.807, 2.05) is 19.1 Å². The van der Waals surface area contributed by atoms with Crippen LogP contribution in [0.5, 0.6) is 5.75 Å². The Hall–Kier alpha value is -2.12. The smallest absolute Gasteiger partial charge is 0.193 e. The van der Waals surface area contributed by atoms with Gasteiger partial charge >= 0.3 is 0 Å². The molecule has 1 aromatic carbocycles. The molecule has 0 N–H and O–H groups in total. The molecule has 3 rings (SSSR count). The van der Waals surface area contributed by atoms with Gasteiger partial charge in [-0.1, -0.05) is 23.8 Å². The van der Waals surface area contributed by atoms with E-state index < -0.39 is 17.6 Å². The zero-order valence-corrected chi connectivity index (χ0v) is 11.4. The normalized spacial score (nSPS) is 30.9. The maximum atomic E-state index is 12.9. The van der Waals surface area contributed by atoms with Crippen molar-refractivity contribution in [3.63, 3.8) is 0 Å². The number of hydrogen-bond donors (Lipinski definition) is 0. The van der Waals surface area contributed by atoms with Gasteiger partial charge in [0.1, 0.15) is 18.0 Å². The van der Waals surface area contributed by atoms with Gasteiger partial charge < -0.3 is 9.47 Å². The van der Waals surface area contributed by atoms with Gasteiger partial charge in [-0.15, -0.1) is 0 Å². The van der Waals surface area contributed by atoms with Gasteiger partial charge in [-0.3, -0.25) is 4.79 Å². The summed E-state index contributed by atoms with van der Waals surface area (Å²) in [5, 5.41) is 9.68. The number of hydrogen-bond acceptors (Lipinski definition) is 4. The van der Waals surface area contributed by atoms with Gasteiger partial charge in [-0.05, 0) is 19.1 Å². The van der Waals surface area contributed by atoms with Crippen molar-refractivity contribution < 1.29 is 14.3 Å². The van der Waals surface area contributed by atoms with Crippen LogP contribution in [-0.4, -0.2) is 25.1 Å². The van der Waals surface area contributed by atoms with Crippen LogP contribution in [-0.2, 0) is 4.74 Å². The quantitative estimate of drug-likeness (QED) is 0.735. The molecule has 102 valence electrons. The molecular formula is C16H15NO3. The Kier molecular flexibility index (Phi) is 2.88. The molecule has 0 saturated heterocycles. The van der Waals surface area contributed by atoms with Crippen molar-refractivity contribution in [1.29, 1.82) is 5.26 Å². The number of rotatable bonds is 1. The van der Waals surface area contributed by atoms with Crippen molar-refractivity contribution in [3.8, 4) is 11.8 Å². The molecule has 3 atom stereocenters. The van der Waals surface area contributed by atoms with Crippen molar-refractivity contribution in [2.75, 3.05) is 7.11 Å². The molecule has 0 amide bonds. The minimum Gasteiger partial charge on any atom is -0.487 e. The third-order valence-electron chi connectivity index (χ3n) is 4.08. The van der Waals surface area contributed by atoms with Gasteiger partial charge in [0, 0.05) is 13.5 Å². The molecule has 0 radical (unpaired) electrons. The number of ether oxygens (including phenoxy) is 2. The Balaban J connectivity index is 2.20. The topological polar surface area (TPSA) is 59.3 Å². The second-order valence-electron chi connectivity index (χ2n) is 5.24. The van der Waals surface area contributed by atoms with Gasteiger partial charge in [0.05, 0.1) is 11.6 Å². The van der Waals surface area contributed by atoms with E-state index in [0.717, 1.165) is 5.56 Å². The molecule has 1 unspecified atom stereocenters. The molecule has 0 aromatic heterocycles. The highest BCUT2D eigenvalue weighted by Gasteiger charge is 2.57. The predicted molar refractivity (Wildman–Crippen MR) is 72.5 cm³/mol. The maximum absolute atomic E-state index is 12.9. The molecule has 0 bridgehead atoms. The van der Waals surface area contributed by atoms with Crippen LogP contribution in [0.2, 0.25) is 0 Å². The number of aryl methyl sites for hydroxylation is 1. The number of benzene rings is 1. The SMILES string of the molecule is COC1C=CC[C@@H]2Oc3ccc(C)cc3C(=O)[C@]12C#N. The second-order valence-corrected chi connectivity index (χ2v) is 5.24. The fourth-order valence-corrected chi connectivity index (χ4v) is 3.01. The Morgan fingerprint density at radius 1 is 1.50 bits per heavy atom. The summed E-state index contributed by atoms with van der Waals surface area (Å²) >= 11 is 0. The fraction of sp³-hybridized carbons (Fsp3) is 0.375. The molecule has 4 nitrogen and oxygen atoms in total. The van der Waals surface area contributed by atoms with E-state index >= 15 is 0 Å². The Bertz CT molecular complexity index is 644. The number of nitriles is 1. The minimum atomic E-state index is -1.29. The average molecular weight is 269 g/mol. The number of ketones is 1. The summed E-state index contributed by atoms with van der Waals surface area (Å²) in [6.07, 6.45) is 3.15. The number of carbonyl (C=O) groups is 1. The molecule has 1 aromatic rings. The van der Waals surface area contributed by atoms with Gasteiger partial charge in [-0.2, -0.15) is 5.26 Å². The molecule has 4 heteroatoms. The van der Waals surface area contributed by atoms with Gasteiger partial charge in [-0.25, -0.2) is 0 Å². The van der Waals surface area contributed by atoms with Crippen LogP contribution < -0.4 is 4.74 Å². The van der Waals surface area contributed by atoms with Crippen LogP contribution in [0, 0.1) is 23.7 Å². The lowest BCUT2D eigenvalue weighted by Crippen LogP contribution is -2.56. The summed E-state index contributed by atoms with van der Waals surface area (Å²) in [5.74, 6) is 0.354. The van der Waals surface area contributed by atoms with E-state index in [1.54, 1.807) is 18.2 Å². The van der Waals surface area contributed by atoms with Crippen LogP contribution in [0.4, 0.5) is 0 Å². The van der Waals surface area contributed by atoms with Crippen LogP contribution in [0.15, 0.2) is 30.4 Å². The first-order valence-corrected chi connectivity index (χ1v) is 6.56. The second kappa shape index (κ2) is 4.46. The molecule has 1 aliphatic heterocycles. The van der Waals surface area contributed by atoms with Gasteiger partial charge in [0.2, 0.25) is 0 Å². The number of fused-ring (bicyclic) bond motifs is 2. The number of Topliss-reactive ketones (excluding diaryl/α,β-unsaturated/α-hetero) is 1. The molecule has 1 heterocycles. The largest absolute Gasteiger partial charge is 0.487 e. The minimum absolute atomic E-state index is 0.203. The summed E-state index contributed by atoms with van der Waals surface area (Å²) in [7, 11) is 1.51. The third kappa shape index (κ3) is 1.53. The highest BCUT2D eigenvalue weighted by molar-refractivity contribution is 6.06. The standard InChI is InChI=1S/C16H15NO3/c1-10-6-7-12-11(8-10)15(18)16(9-17)13(19-2)4-3-5-14(16)20-12/h3-4,6-8,13-14H,5H2,1-2H3/t13?,14-,16+/m0/s1. The van der Waals surface area contributed by atoms with E-state index in [4.69, 9.17) is 9.47 Å². The number of nitrogens with zero attached hydrogens (tertiary/aromatic N) is 1. The highest BCUT2D eigenvalue weighted by atomic mass is 16.5. The Labute approximate surface area is 117 Å². The Morgan fingerprint density at radius 2 is 2.30 bits per heavy atom. The van der Waals surface area contributed by atoms with E-state index in [1.165, 1.54) is 7.11 Å². The summed E-state index contributed by atoms with van der Waals surface area (Å²) in [4.78, 5) is 12.9. The summed E-state index contributed by atoms with van der Waals surface area (Å²) in [5.41, 5.74) is 0.150. The number of methoxy groups -OCH3 is 1. The van der Waals surface area contributed by atoms with Crippen molar-refractivity contribution in [2.24, 2.45) is 5.41 Å². The first-order chi connectivity index (χ1) is 9.63. The van der Waals surface area contributed by atoms with Gasteiger partial charge in [0.15, 0.2) is 11.2 Å². The molecule has 1 aliphatic carbocycles. The summed E-state index contributed by atoms with van der Waals surface area (Å²) < 4.78 is 11.3. The molecule has 0 fully saturated rings. The van der Waals surface area contributed by atoms with Crippen LogP contribution in [0.3, 0.4) is 0 Å². The predicted octanol–water partition coefficient (Wildman–Crippen LogP) is 2.42. The zero-order chi connectivity index (χ0) is 14.3. The van der Waals surface area contributed by atoms with Gasteiger partial charge in [0.25, 0.3) is 0 Å². The highest BCUT2D eigenvalue weighted by Crippen LogP contribution is 2.45. The van der Waals surface area contributed by atoms with Crippen molar-refractivity contribution in [1.82, 2.24) is 0 Å². The van der Waals surface area contributed by atoms with E-state index in [0.29, 0.717) is 17.7 Å². The first kappa shape index (κ1) is 12.9. The summed E-state index contributed by atoms with van der Waals surface area (Å²) in [6, 6.07) is 7.65. The third-order valence-corrected chi connectivity index (χ3v) is 4.08. The maximum Gasteiger partial charge on any atom is 0.193 e. The lowest BCUT2D eigenvalue weighted by molar-refractivity contribution is -0.0211. The molecule has 20 heavy (non-hydrogen) atoms. The molecular weight excluding hydrogens is 254 g/mol. The van der Waals surface area contributed by atoms with Crippen LogP contribution in [0.25, 0.3) is 0 Å². The molecule has 0 spiro atoms.